The number of ether oxygens (including phenoxy) is 3. The topological polar surface area (TPSA) is 39.7 Å². The van der Waals surface area contributed by atoms with Crippen molar-refractivity contribution in [2.75, 3.05) is 27.9 Å². The van der Waals surface area contributed by atoms with Gasteiger partial charge in [-0.1, -0.05) is 0 Å². The summed E-state index contributed by atoms with van der Waals surface area (Å²) in [6.45, 7) is 3.54. The van der Waals surface area contributed by atoms with Gasteiger partial charge in [-0.15, -0.1) is 17.0 Å². The fourth-order valence-electron chi connectivity index (χ4n) is 1.57. The van der Waals surface area contributed by atoms with Gasteiger partial charge in [0.1, 0.15) is 11.5 Å². The average Bonchev–Trinajstić information content (AvgIpc) is 2.36. The maximum atomic E-state index is 5.22. The van der Waals surface area contributed by atoms with Crippen LogP contribution < -0.4 is 14.8 Å². The second-order valence-electron chi connectivity index (χ2n) is 3.96. The maximum Gasteiger partial charge on any atom is 0.122 e. The summed E-state index contributed by atoms with van der Waals surface area (Å²) in [6, 6.07) is 6.17. The Balaban J connectivity index is 0.00000289. The Kier molecular flexibility index (Phi) is 8.79. The molecule has 0 saturated heterocycles. The molecule has 1 aromatic carbocycles. The summed E-state index contributed by atoms with van der Waals surface area (Å²) in [6.07, 6.45) is 0. The first kappa shape index (κ1) is 17.2. The van der Waals surface area contributed by atoms with Gasteiger partial charge in [-0.3, -0.25) is 0 Å². The quantitative estimate of drug-likeness (QED) is 0.837. The van der Waals surface area contributed by atoms with E-state index in [1.54, 1.807) is 21.3 Å². The van der Waals surface area contributed by atoms with Crippen molar-refractivity contribution in [1.29, 1.82) is 0 Å². The van der Waals surface area contributed by atoms with Gasteiger partial charge in [0.15, 0.2) is 0 Å². The maximum absolute atomic E-state index is 5.22. The molecule has 5 heteroatoms. The molecule has 1 rings (SSSR count). The molecule has 0 aliphatic rings. The summed E-state index contributed by atoms with van der Waals surface area (Å²) in [5, 5.41) is 3.37. The fourth-order valence-corrected chi connectivity index (χ4v) is 1.57. The molecule has 1 aromatic rings. The number of hydrogen-bond donors (Lipinski definition) is 1. The van der Waals surface area contributed by atoms with Gasteiger partial charge in [0.25, 0.3) is 0 Å². The number of rotatable bonds is 7. The lowest BCUT2D eigenvalue weighted by atomic mass is 10.2. The Morgan fingerprint density at radius 3 is 2.06 bits per heavy atom. The molecule has 0 fully saturated rings. The van der Waals surface area contributed by atoms with Crippen molar-refractivity contribution in [1.82, 2.24) is 5.32 Å². The number of nitrogens with one attached hydrogen (secondary N) is 1. The van der Waals surface area contributed by atoms with Crippen molar-refractivity contribution >= 4 is 17.0 Å². The second-order valence-corrected chi connectivity index (χ2v) is 3.96. The normalized spacial score (nSPS) is 11.6. The molecule has 0 spiro atoms. The van der Waals surface area contributed by atoms with Crippen LogP contribution in [0.1, 0.15) is 12.5 Å². The monoisotopic (exact) mass is 319 g/mol. The van der Waals surface area contributed by atoms with Crippen molar-refractivity contribution in [3.8, 4) is 11.5 Å². The van der Waals surface area contributed by atoms with E-state index < -0.39 is 0 Å². The lowest BCUT2D eigenvalue weighted by Crippen LogP contribution is -2.29. The molecule has 0 aromatic heterocycles. The van der Waals surface area contributed by atoms with Crippen LogP contribution in [0.15, 0.2) is 18.2 Å². The number of methoxy groups -OCH3 is 3. The van der Waals surface area contributed by atoms with Gasteiger partial charge in [-0.05, 0) is 24.6 Å². The molecule has 1 atom stereocenters. The van der Waals surface area contributed by atoms with Gasteiger partial charge in [0, 0.05) is 25.8 Å². The third-order valence-corrected chi connectivity index (χ3v) is 2.48. The highest BCUT2D eigenvalue weighted by atomic mass is 79.9. The fraction of sp³-hybridized carbons (Fsp3) is 0.538. The van der Waals surface area contributed by atoms with Gasteiger partial charge in [0.05, 0.1) is 20.8 Å². The van der Waals surface area contributed by atoms with Crippen LogP contribution in [0, 0.1) is 0 Å². The molecule has 4 nitrogen and oxygen atoms in total. The highest BCUT2D eigenvalue weighted by Gasteiger charge is 2.04. The molecular formula is C13H22BrNO3. The summed E-state index contributed by atoms with van der Waals surface area (Å²) in [4.78, 5) is 0. The Hall–Kier alpha value is -0.780. The van der Waals surface area contributed by atoms with Crippen molar-refractivity contribution in [3.05, 3.63) is 23.8 Å². The first-order valence-corrected chi connectivity index (χ1v) is 5.64. The van der Waals surface area contributed by atoms with Crippen LogP contribution in [0.25, 0.3) is 0 Å². The smallest absolute Gasteiger partial charge is 0.122 e. The second kappa shape index (κ2) is 9.19. The van der Waals surface area contributed by atoms with Crippen LogP contribution >= 0.6 is 17.0 Å². The molecule has 0 heterocycles. The lowest BCUT2D eigenvalue weighted by Gasteiger charge is -2.14. The number of hydrogen-bond acceptors (Lipinski definition) is 4. The summed E-state index contributed by atoms with van der Waals surface area (Å²) in [5.74, 6) is 1.61. The zero-order valence-electron chi connectivity index (χ0n) is 11.4. The number of benzene rings is 1. The van der Waals surface area contributed by atoms with Gasteiger partial charge >= 0.3 is 0 Å². The van der Waals surface area contributed by atoms with Gasteiger partial charge in [0.2, 0.25) is 0 Å². The minimum atomic E-state index is 0. The van der Waals surface area contributed by atoms with Crippen molar-refractivity contribution in [3.63, 3.8) is 0 Å². The van der Waals surface area contributed by atoms with Crippen LogP contribution in [0.2, 0.25) is 0 Å². The Morgan fingerprint density at radius 1 is 1.06 bits per heavy atom. The SMILES string of the molecule is Br.COCC(C)NCc1cc(OC)cc(OC)c1. The van der Waals surface area contributed by atoms with Gasteiger partial charge < -0.3 is 19.5 Å². The first-order valence-electron chi connectivity index (χ1n) is 5.64. The zero-order chi connectivity index (χ0) is 12.7. The average molecular weight is 320 g/mol. The molecule has 1 N–H and O–H groups in total. The van der Waals surface area contributed by atoms with E-state index in [0.29, 0.717) is 12.6 Å². The molecule has 0 bridgehead atoms. The van der Waals surface area contributed by atoms with E-state index >= 15 is 0 Å². The molecule has 1 unspecified atom stereocenters. The minimum absolute atomic E-state index is 0. The van der Waals surface area contributed by atoms with Gasteiger partial charge in [-0.2, -0.15) is 0 Å². The highest BCUT2D eigenvalue weighted by Crippen LogP contribution is 2.22. The number of halogens is 1. The molecular weight excluding hydrogens is 298 g/mol. The largest absolute Gasteiger partial charge is 0.497 e. The highest BCUT2D eigenvalue weighted by molar-refractivity contribution is 8.93. The zero-order valence-corrected chi connectivity index (χ0v) is 13.1. The molecule has 18 heavy (non-hydrogen) atoms. The van der Waals surface area contributed by atoms with E-state index in [1.165, 1.54) is 0 Å². The minimum Gasteiger partial charge on any atom is -0.497 e. The van der Waals surface area contributed by atoms with E-state index in [-0.39, 0.29) is 17.0 Å². The Labute approximate surface area is 119 Å². The first-order chi connectivity index (χ1) is 8.19. The Morgan fingerprint density at radius 2 is 1.61 bits per heavy atom. The molecule has 0 aliphatic heterocycles. The molecule has 0 radical (unpaired) electrons. The summed E-state index contributed by atoms with van der Waals surface area (Å²) >= 11 is 0. The lowest BCUT2D eigenvalue weighted by molar-refractivity contribution is 0.171. The standard InChI is InChI=1S/C13H21NO3.BrH/c1-10(9-15-2)14-8-11-5-12(16-3)7-13(6-11)17-4;/h5-7,10,14H,8-9H2,1-4H3;1H. The Bertz CT molecular complexity index is 325. The predicted octanol–water partition coefficient (Wildman–Crippen LogP) is 2.41. The van der Waals surface area contributed by atoms with Crippen LogP contribution in [0.5, 0.6) is 11.5 Å². The van der Waals surface area contributed by atoms with Crippen LogP contribution in [-0.4, -0.2) is 34.0 Å². The molecule has 0 saturated carbocycles. The van der Waals surface area contributed by atoms with E-state index in [4.69, 9.17) is 14.2 Å². The van der Waals surface area contributed by atoms with E-state index in [2.05, 4.69) is 12.2 Å². The van der Waals surface area contributed by atoms with E-state index in [0.717, 1.165) is 23.6 Å². The van der Waals surface area contributed by atoms with Gasteiger partial charge in [-0.25, -0.2) is 0 Å². The van der Waals surface area contributed by atoms with Crippen LogP contribution in [0.3, 0.4) is 0 Å². The summed E-state index contributed by atoms with van der Waals surface area (Å²) in [7, 11) is 5.01. The third kappa shape index (κ3) is 5.71. The summed E-state index contributed by atoms with van der Waals surface area (Å²) in [5.41, 5.74) is 1.13. The molecule has 104 valence electrons. The van der Waals surface area contributed by atoms with E-state index in [1.807, 2.05) is 18.2 Å². The van der Waals surface area contributed by atoms with E-state index in [9.17, 15) is 0 Å². The third-order valence-electron chi connectivity index (χ3n) is 2.48. The van der Waals surface area contributed by atoms with Crippen molar-refractivity contribution in [2.45, 2.75) is 19.5 Å². The van der Waals surface area contributed by atoms with Crippen molar-refractivity contribution < 1.29 is 14.2 Å². The van der Waals surface area contributed by atoms with Crippen molar-refractivity contribution in [2.24, 2.45) is 0 Å². The summed E-state index contributed by atoms with van der Waals surface area (Å²) < 4.78 is 15.5. The van der Waals surface area contributed by atoms with Crippen LogP contribution in [0.4, 0.5) is 0 Å². The molecule has 0 amide bonds. The predicted molar refractivity (Wildman–Crippen MR) is 78.0 cm³/mol. The van der Waals surface area contributed by atoms with Crippen LogP contribution in [-0.2, 0) is 11.3 Å². The molecule has 0 aliphatic carbocycles.